The van der Waals surface area contributed by atoms with Crippen molar-refractivity contribution >= 4 is 11.4 Å². The van der Waals surface area contributed by atoms with E-state index in [2.05, 4.69) is 47.9 Å². The van der Waals surface area contributed by atoms with Crippen molar-refractivity contribution in [3.8, 4) is 0 Å². The van der Waals surface area contributed by atoms with Gasteiger partial charge in [0, 0.05) is 24.0 Å². The molecule has 0 fully saturated rings. The van der Waals surface area contributed by atoms with Crippen molar-refractivity contribution in [2.24, 2.45) is 0 Å². The minimum absolute atomic E-state index is 0.331. The SMILES string of the molecule is Cc1cc2c(cc1N)N(Cc1ncnn1C(C)C)CC2. The largest absolute Gasteiger partial charge is 0.398 e. The molecule has 0 bridgehead atoms. The molecular formula is C15H21N5. The van der Waals surface area contributed by atoms with Crippen molar-refractivity contribution in [3.05, 3.63) is 35.4 Å². The molecule has 1 aliphatic rings. The molecule has 1 aliphatic heterocycles. The number of fused-ring (bicyclic) bond motifs is 1. The zero-order chi connectivity index (χ0) is 14.3. The van der Waals surface area contributed by atoms with Gasteiger partial charge >= 0.3 is 0 Å². The second-order valence-corrected chi connectivity index (χ2v) is 5.72. The molecule has 0 spiro atoms. The molecule has 0 radical (unpaired) electrons. The third kappa shape index (κ3) is 2.13. The molecule has 106 valence electrons. The summed E-state index contributed by atoms with van der Waals surface area (Å²) in [5.74, 6) is 1.01. The smallest absolute Gasteiger partial charge is 0.146 e. The van der Waals surface area contributed by atoms with Crippen molar-refractivity contribution < 1.29 is 0 Å². The lowest BCUT2D eigenvalue weighted by Gasteiger charge is -2.20. The molecule has 2 N–H and O–H groups in total. The van der Waals surface area contributed by atoms with E-state index >= 15 is 0 Å². The molecule has 0 atom stereocenters. The molecule has 20 heavy (non-hydrogen) atoms. The zero-order valence-electron chi connectivity index (χ0n) is 12.3. The number of benzene rings is 1. The van der Waals surface area contributed by atoms with Crippen LogP contribution in [-0.2, 0) is 13.0 Å². The van der Waals surface area contributed by atoms with E-state index in [4.69, 9.17) is 5.73 Å². The maximum absolute atomic E-state index is 6.05. The van der Waals surface area contributed by atoms with Crippen LogP contribution in [0.15, 0.2) is 18.5 Å². The fraction of sp³-hybridized carbons (Fsp3) is 0.467. The predicted molar refractivity (Wildman–Crippen MR) is 80.8 cm³/mol. The maximum atomic E-state index is 6.05. The molecular weight excluding hydrogens is 250 g/mol. The van der Waals surface area contributed by atoms with E-state index in [0.717, 1.165) is 36.6 Å². The van der Waals surface area contributed by atoms with Crippen LogP contribution in [0.2, 0.25) is 0 Å². The van der Waals surface area contributed by atoms with Crippen LogP contribution in [0.25, 0.3) is 0 Å². The molecule has 2 aromatic rings. The first kappa shape index (κ1) is 13.0. The summed E-state index contributed by atoms with van der Waals surface area (Å²) in [5.41, 5.74) is 10.7. The van der Waals surface area contributed by atoms with Gasteiger partial charge in [-0.2, -0.15) is 5.10 Å². The van der Waals surface area contributed by atoms with Crippen LogP contribution in [0, 0.1) is 6.92 Å². The number of nitrogens with two attached hydrogens (primary N) is 1. The number of nitrogen functional groups attached to an aromatic ring is 1. The molecule has 5 heteroatoms. The molecule has 0 amide bonds. The first-order valence-electron chi connectivity index (χ1n) is 7.08. The number of aromatic nitrogens is 3. The van der Waals surface area contributed by atoms with Gasteiger partial charge in [-0.3, -0.25) is 0 Å². The Bertz CT molecular complexity index is 629. The van der Waals surface area contributed by atoms with Crippen LogP contribution in [-0.4, -0.2) is 21.3 Å². The molecule has 0 unspecified atom stereocenters. The molecule has 3 rings (SSSR count). The Morgan fingerprint density at radius 2 is 2.15 bits per heavy atom. The van der Waals surface area contributed by atoms with Gasteiger partial charge < -0.3 is 10.6 Å². The van der Waals surface area contributed by atoms with E-state index in [-0.39, 0.29) is 0 Å². The second-order valence-electron chi connectivity index (χ2n) is 5.72. The fourth-order valence-electron chi connectivity index (χ4n) is 2.80. The minimum Gasteiger partial charge on any atom is -0.398 e. The monoisotopic (exact) mass is 271 g/mol. The van der Waals surface area contributed by atoms with E-state index in [1.807, 2.05) is 4.68 Å². The van der Waals surface area contributed by atoms with Crippen molar-refractivity contribution in [3.63, 3.8) is 0 Å². The molecule has 0 saturated heterocycles. The average molecular weight is 271 g/mol. The summed E-state index contributed by atoms with van der Waals surface area (Å²) in [6.07, 6.45) is 2.71. The van der Waals surface area contributed by atoms with Gasteiger partial charge in [0.15, 0.2) is 0 Å². The Kier molecular flexibility index (Phi) is 3.12. The molecule has 2 heterocycles. The van der Waals surface area contributed by atoms with Crippen molar-refractivity contribution in [2.45, 2.75) is 39.8 Å². The quantitative estimate of drug-likeness (QED) is 0.870. The summed E-state index contributed by atoms with van der Waals surface area (Å²) < 4.78 is 1.98. The highest BCUT2D eigenvalue weighted by molar-refractivity contribution is 5.67. The highest BCUT2D eigenvalue weighted by Crippen LogP contribution is 2.32. The van der Waals surface area contributed by atoms with Crippen LogP contribution in [0.3, 0.4) is 0 Å². The Balaban J connectivity index is 1.88. The Labute approximate surface area is 119 Å². The lowest BCUT2D eigenvalue weighted by molar-refractivity contribution is 0.502. The molecule has 1 aromatic carbocycles. The van der Waals surface area contributed by atoms with Crippen LogP contribution in [0.5, 0.6) is 0 Å². The fourth-order valence-corrected chi connectivity index (χ4v) is 2.80. The minimum atomic E-state index is 0.331. The first-order chi connectivity index (χ1) is 9.56. The highest BCUT2D eigenvalue weighted by atomic mass is 15.4. The average Bonchev–Trinajstić information content (AvgIpc) is 2.99. The topological polar surface area (TPSA) is 60.0 Å². The van der Waals surface area contributed by atoms with Crippen molar-refractivity contribution in [2.75, 3.05) is 17.2 Å². The Hall–Kier alpha value is -2.04. The summed E-state index contributed by atoms with van der Waals surface area (Å²) in [5, 5.41) is 4.30. The van der Waals surface area contributed by atoms with Crippen LogP contribution < -0.4 is 10.6 Å². The normalized spacial score (nSPS) is 14.1. The molecule has 0 saturated carbocycles. The summed E-state index contributed by atoms with van der Waals surface area (Å²) in [4.78, 5) is 6.73. The van der Waals surface area contributed by atoms with E-state index in [1.54, 1.807) is 6.33 Å². The molecule has 5 nitrogen and oxygen atoms in total. The third-order valence-corrected chi connectivity index (χ3v) is 3.93. The number of anilines is 2. The van der Waals surface area contributed by atoms with Gasteiger partial charge in [-0.25, -0.2) is 9.67 Å². The van der Waals surface area contributed by atoms with Crippen molar-refractivity contribution in [1.82, 2.24) is 14.8 Å². The van der Waals surface area contributed by atoms with E-state index in [9.17, 15) is 0 Å². The van der Waals surface area contributed by atoms with Gasteiger partial charge in [0.05, 0.1) is 6.54 Å². The predicted octanol–water partition coefficient (Wildman–Crippen LogP) is 2.31. The Morgan fingerprint density at radius 3 is 2.90 bits per heavy atom. The standard InChI is InChI=1S/C15H21N5/c1-10(2)20-15(17-9-18-20)8-19-5-4-12-6-11(3)13(16)7-14(12)19/h6-7,9-10H,4-5,8,16H2,1-3H3. The van der Waals surface area contributed by atoms with Crippen molar-refractivity contribution in [1.29, 1.82) is 0 Å². The van der Waals surface area contributed by atoms with Gasteiger partial charge in [-0.15, -0.1) is 0 Å². The number of nitrogens with zero attached hydrogens (tertiary/aromatic N) is 4. The van der Waals surface area contributed by atoms with Gasteiger partial charge in [0.1, 0.15) is 12.2 Å². The summed E-state index contributed by atoms with van der Waals surface area (Å²) in [6.45, 7) is 8.11. The molecule has 0 aliphatic carbocycles. The zero-order valence-corrected chi connectivity index (χ0v) is 12.3. The van der Waals surface area contributed by atoms with Gasteiger partial charge in [0.2, 0.25) is 0 Å². The third-order valence-electron chi connectivity index (χ3n) is 3.93. The first-order valence-corrected chi connectivity index (χ1v) is 7.08. The van der Waals surface area contributed by atoms with E-state index < -0.39 is 0 Å². The lowest BCUT2D eigenvalue weighted by Crippen LogP contribution is -2.23. The number of hydrogen-bond acceptors (Lipinski definition) is 4. The summed E-state index contributed by atoms with van der Waals surface area (Å²) in [6, 6.07) is 4.63. The van der Waals surface area contributed by atoms with Gasteiger partial charge in [-0.1, -0.05) is 6.07 Å². The van der Waals surface area contributed by atoms with E-state index in [1.165, 1.54) is 11.3 Å². The maximum Gasteiger partial charge on any atom is 0.146 e. The second kappa shape index (κ2) is 4.81. The number of aryl methyl sites for hydroxylation is 1. The summed E-state index contributed by atoms with van der Waals surface area (Å²) >= 11 is 0. The summed E-state index contributed by atoms with van der Waals surface area (Å²) in [7, 11) is 0. The van der Waals surface area contributed by atoms with E-state index in [0.29, 0.717) is 6.04 Å². The van der Waals surface area contributed by atoms with Crippen LogP contribution >= 0.6 is 0 Å². The van der Waals surface area contributed by atoms with Gasteiger partial charge in [-0.05, 0) is 44.4 Å². The number of rotatable bonds is 3. The van der Waals surface area contributed by atoms with Crippen LogP contribution in [0.4, 0.5) is 11.4 Å². The number of hydrogen-bond donors (Lipinski definition) is 1. The van der Waals surface area contributed by atoms with Gasteiger partial charge in [0.25, 0.3) is 0 Å². The Morgan fingerprint density at radius 1 is 1.35 bits per heavy atom. The molecule has 1 aromatic heterocycles. The highest BCUT2D eigenvalue weighted by Gasteiger charge is 2.22. The lowest BCUT2D eigenvalue weighted by atomic mass is 10.1. The van der Waals surface area contributed by atoms with Crippen LogP contribution in [0.1, 0.15) is 36.8 Å².